The number of nitrogens with one attached hydrogen (secondary N) is 1. The van der Waals surface area contributed by atoms with Crippen LogP contribution in [0.2, 0.25) is 0 Å². The number of hydrogen-bond donors (Lipinski definition) is 1. The summed E-state index contributed by atoms with van der Waals surface area (Å²) in [5, 5.41) is 3.96. The highest BCUT2D eigenvalue weighted by Gasteiger charge is 2.25. The van der Waals surface area contributed by atoms with Crippen molar-refractivity contribution in [3.63, 3.8) is 0 Å². The minimum Gasteiger partial charge on any atom is -0.376 e. The van der Waals surface area contributed by atoms with Crippen LogP contribution in [-0.4, -0.2) is 29.6 Å². The average Bonchev–Trinajstić information content (AvgIpc) is 3.23. The number of fused-ring (bicyclic) bond motifs is 1. The number of carbonyl (C=O) groups is 1. The Kier molecular flexibility index (Phi) is 5.23. The molecular weight excluding hydrogens is 404 g/mol. The van der Waals surface area contributed by atoms with E-state index in [4.69, 9.17) is 9.72 Å². The summed E-state index contributed by atoms with van der Waals surface area (Å²) in [5.74, 6) is -0.0966. The van der Waals surface area contributed by atoms with Gasteiger partial charge in [0.1, 0.15) is 0 Å². The second-order valence-corrected chi connectivity index (χ2v) is 7.81. The van der Waals surface area contributed by atoms with Crippen LogP contribution in [-0.2, 0) is 4.74 Å². The van der Waals surface area contributed by atoms with Crippen molar-refractivity contribution in [1.29, 1.82) is 0 Å². The number of carbonyl (C=O) groups excluding carboxylic acids is 1. The topological polar surface area (TPSA) is 51.2 Å². The maximum absolute atomic E-state index is 13.1. The molecule has 138 valence electrons. The van der Waals surface area contributed by atoms with E-state index in [-0.39, 0.29) is 18.1 Å². The van der Waals surface area contributed by atoms with E-state index in [1.54, 1.807) is 0 Å². The molecule has 0 spiro atoms. The van der Waals surface area contributed by atoms with Gasteiger partial charge in [-0.15, -0.1) is 0 Å². The first-order valence-electron chi connectivity index (χ1n) is 9.20. The Morgan fingerprint density at radius 1 is 1.22 bits per heavy atom. The summed E-state index contributed by atoms with van der Waals surface area (Å²) >= 11 is 3.50. The fraction of sp³-hybridized carbons (Fsp3) is 0.273. The molecule has 1 aromatic heterocycles. The van der Waals surface area contributed by atoms with Gasteiger partial charge in [0.25, 0.3) is 5.91 Å². The van der Waals surface area contributed by atoms with Gasteiger partial charge in [-0.1, -0.05) is 46.3 Å². The first-order valence-corrected chi connectivity index (χ1v) is 9.99. The summed E-state index contributed by atoms with van der Waals surface area (Å²) in [6.07, 6.45) is 2.12. The second kappa shape index (κ2) is 7.79. The lowest BCUT2D eigenvalue weighted by Gasteiger charge is -2.20. The third kappa shape index (κ3) is 3.89. The molecule has 0 unspecified atom stereocenters. The lowest BCUT2D eigenvalue weighted by atomic mass is 10.0. The van der Waals surface area contributed by atoms with E-state index in [1.807, 2.05) is 61.5 Å². The van der Waals surface area contributed by atoms with Crippen LogP contribution in [0.1, 0.15) is 30.1 Å². The van der Waals surface area contributed by atoms with Crippen LogP contribution in [0.25, 0.3) is 22.2 Å². The molecule has 1 aliphatic heterocycles. The Hall–Kier alpha value is -2.24. The van der Waals surface area contributed by atoms with E-state index in [9.17, 15) is 4.79 Å². The first kappa shape index (κ1) is 18.1. The molecule has 5 heteroatoms. The molecule has 3 aromatic rings. The fourth-order valence-corrected chi connectivity index (χ4v) is 3.88. The van der Waals surface area contributed by atoms with Gasteiger partial charge in [0.05, 0.1) is 28.9 Å². The zero-order chi connectivity index (χ0) is 18.8. The van der Waals surface area contributed by atoms with Gasteiger partial charge in [0, 0.05) is 22.0 Å². The highest BCUT2D eigenvalue weighted by Crippen LogP contribution is 2.27. The second-order valence-electron chi connectivity index (χ2n) is 6.90. The van der Waals surface area contributed by atoms with E-state index in [0.29, 0.717) is 5.56 Å². The number of aromatic nitrogens is 1. The lowest BCUT2D eigenvalue weighted by Crippen LogP contribution is -2.40. The molecule has 0 radical (unpaired) electrons. The molecule has 0 bridgehead atoms. The van der Waals surface area contributed by atoms with Crippen LogP contribution < -0.4 is 5.32 Å². The molecule has 1 amide bonds. The van der Waals surface area contributed by atoms with Crippen LogP contribution >= 0.6 is 15.9 Å². The number of nitrogens with zero attached hydrogens (tertiary/aromatic N) is 1. The van der Waals surface area contributed by atoms with E-state index in [2.05, 4.69) is 21.2 Å². The van der Waals surface area contributed by atoms with Crippen LogP contribution in [0, 0.1) is 0 Å². The number of amides is 1. The lowest BCUT2D eigenvalue weighted by molar-refractivity contribution is 0.0713. The predicted molar refractivity (Wildman–Crippen MR) is 111 cm³/mol. The van der Waals surface area contributed by atoms with Crippen molar-refractivity contribution >= 4 is 32.7 Å². The predicted octanol–water partition coefficient (Wildman–Crippen LogP) is 4.96. The van der Waals surface area contributed by atoms with Crippen LogP contribution in [0.3, 0.4) is 0 Å². The Bertz CT molecular complexity index is 969. The number of pyridine rings is 1. The molecule has 2 heterocycles. The molecule has 2 aromatic carbocycles. The molecule has 1 N–H and O–H groups in total. The van der Waals surface area contributed by atoms with Gasteiger partial charge in [0.15, 0.2) is 0 Å². The Morgan fingerprint density at radius 2 is 2.04 bits per heavy atom. The van der Waals surface area contributed by atoms with Crippen molar-refractivity contribution in [3.8, 4) is 11.3 Å². The maximum Gasteiger partial charge on any atom is 0.252 e. The van der Waals surface area contributed by atoms with Crippen molar-refractivity contribution in [1.82, 2.24) is 10.3 Å². The molecule has 2 atom stereocenters. The molecule has 1 saturated heterocycles. The summed E-state index contributed by atoms with van der Waals surface area (Å²) < 4.78 is 6.64. The standard InChI is InChI=1S/C22H21BrN2O2/c1-14(21-8-5-11-27-21)24-22(26)18-13-20(15-6-3-2-4-7-15)25-19-10-9-16(23)12-17(18)19/h2-4,6-7,9-10,12-14,21H,5,8,11H2,1H3,(H,24,26)/t14-,21-/m1/s1. The normalized spacial score (nSPS) is 17.8. The molecule has 0 aliphatic carbocycles. The van der Waals surface area contributed by atoms with Crippen molar-refractivity contribution in [2.24, 2.45) is 0 Å². The van der Waals surface area contributed by atoms with Gasteiger partial charge >= 0.3 is 0 Å². The summed E-state index contributed by atoms with van der Waals surface area (Å²) in [6, 6.07) is 17.6. The smallest absolute Gasteiger partial charge is 0.252 e. The van der Waals surface area contributed by atoms with Crippen molar-refractivity contribution in [2.75, 3.05) is 6.61 Å². The molecule has 4 rings (SSSR count). The van der Waals surface area contributed by atoms with E-state index in [0.717, 1.165) is 46.1 Å². The molecule has 0 saturated carbocycles. The largest absolute Gasteiger partial charge is 0.376 e. The minimum absolute atomic E-state index is 0.0319. The number of ether oxygens (including phenoxy) is 1. The van der Waals surface area contributed by atoms with Gasteiger partial charge in [0.2, 0.25) is 0 Å². The molecule has 1 fully saturated rings. The summed E-state index contributed by atoms with van der Waals surface area (Å²) in [6.45, 7) is 2.78. The highest BCUT2D eigenvalue weighted by atomic mass is 79.9. The van der Waals surface area contributed by atoms with Crippen molar-refractivity contribution in [2.45, 2.75) is 31.9 Å². The Morgan fingerprint density at radius 3 is 2.78 bits per heavy atom. The SMILES string of the molecule is C[C@@H](NC(=O)c1cc(-c2ccccc2)nc2ccc(Br)cc12)[C@H]1CCCO1. The minimum atomic E-state index is -0.0966. The van der Waals surface area contributed by atoms with E-state index >= 15 is 0 Å². The van der Waals surface area contributed by atoms with Gasteiger partial charge in [-0.2, -0.15) is 0 Å². The third-order valence-electron chi connectivity index (χ3n) is 4.97. The number of rotatable bonds is 4. The fourth-order valence-electron chi connectivity index (χ4n) is 3.52. The van der Waals surface area contributed by atoms with E-state index in [1.165, 1.54) is 0 Å². The summed E-state index contributed by atoms with van der Waals surface area (Å²) in [5.41, 5.74) is 3.21. The number of benzene rings is 2. The Labute approximate surface area is 167 Å². The highest BCUT2D eigenvalue weighted by molar-refractivity contribution is 9.10. The van der Waals surface area contributed by atoms with Gasteiger partial charge in [-0.25, -0.2) is 4.98 Å². The molecular formula is C22H21BrN2O2. The number of hydrogen-bond acceptors (Lipinski definition) is 3. The average molecular weight is 425 g/mol. The zero-order valence-corrected chi connectivity index (χ0v) is 16.7. The quantitative estimate of drug-likeness (QED) is 0.643. The maximum atomic E-state index is 13.1. The molecule has 27 heavy (non-hydrogen) atoms. The van der Waals surface area contributed by atoms with E-state index < -0.39 is 0 Å². The van der Waals surface area contributed by atoms with Gasteiger partial charge < -0.3 is 10.1 Å². The van der Waals surface area contributed by atoms with Crippen molar-refractivity contribution in [3.05, 3.63) is 64.6 Å². The number of halogens is 1. The Balaban J connectivity index is 1.75. The van der Waals surface area contributed by atoms with Crippen LogP contribution in [0.5, 0.6) is 0 Å². The third-order valence-corrected chi connectivity index (χ3v) is 5.46. The van der Waals surface area contributed by atoms with Gasteiger partial charge in [-0.3, -0.25) is 4.79 Å². The van der Waals surface area contributed by atoms with Crippen LogP contribution in [0.4, 0.5) is 0 Å². The molecule has 4 nitrogen and oxygen atoms in total. The zero-order valence-electron chi connectivity index (χ0n) is 15.1. The molecule has 1 aliphatic rings. The van der Waals surface area contributed by atoms with Crippen LogP contribution in [0.15, 0.2) is 59.1 Å². The monoisotopic (exact) mass is 424 g/mol. The summed E-state index contributed by atoms with van der Waals surface area (Å²) in [7, 11) is 0. The van der Waals surface area contributed by atoms with Gasteiger partial charge in [-0.05, 0) is 44.0 Å². The summed E-state index contributed by atoms with van der Waals surface area (Å²) in [4.78, 5) is 17.9. The van der Waals surface area contributed by atoms with Crippen molar-refractivity contribution < 1.29 is 9.53 Å². The first-order chi connectivity index (χ1) is 13.1.